The van der Waals surface area contributed by atoms with Crippen LogP contribution in [-0.2, 0) is 19.0 Å². The van der Waals surface area contributed by atoms with Crippen molar-refractivity contribution in [3.05, 3.63) is 48.4 Å². The molecule has 0 N–H and O–H groups in total. The van der Waals surface area contributed by atoms with Crippen molar-refractivity contribution >= 4 is 5.97 Å². The van der Waals surface area contributed by atoms with E-state index in [0.29, 0.717) is 18.8 Å². The predicted molar refractivity (Wildman–Crippen MR) is 67.7 cm³/mol. The number of rotatable bonds is 7. The smallest absolute Gasteiger partial charge is 0.352 e. The highest BCUT2D eigenvalue weighted by molar-refractivity contribution is 5.76. The first-order valence-corrected chi connectivity index (χ1v) is 5.89. The molecule has 98 valence electrons. The maximum absolute atomic E-state index is 11.8. The normalized spacial score (nSPS) is 11.4. The monoisotopic (exact) mass is 250 g/mol. The number of carbonyl (C=O) groups is 1. The summed E-state index contributed by atoms with van der Waals surface area (Å²) in [5.41, 5.74) is 0.705. The highest BCUT2D eigenvalue weighted by Gasteiger charge is 2.24. The molecule has 0 amide bonds. The molecule has 4 heteroatoms. The van der Waals surface area contributed by atoms with Crippen LogP contribution in [0.15, 0.2) is 42.9 Å². The maximum Gasteiger partial charge on any atom is 0.352 e. The van der Waals surface area contributed by atoms with E-state index in [-0.39, 0.29) is 5.95 Å². The SMILES string of the molecule is C=C(OCC)OC(C(=O)OCC)c1ccccc1. The third-order valence-electron chi connectivity index (χ3n) is 2.16. The first kappa shape index (κ1) is 14.1. The van der Waals surface area contributed by atoms with Crippen molar-refractivity contribution in [2.45, 2.75) is 20.0 Å². The Bertz CT molecular complexity index is 386. The Morgan fingerprint density at radius 1 is 1.17 bits per heavy atom. The molecule has 1 unspecified atom stereocenters. The van der Waals surface area contributed by atoms with Crippen LogP contribution in [0.1, 0.15) is 25.5 Å². The molecule has 1 rings (SSSR count). The average molecular weight is 250 g/mol. The average Bonchev–Trinajstić information content (AvgIpc) is 2.37. The van der Waals surface area contributed by atoms with E-state index < -0.39 is 12.1 Å². The van der Waals surface area contributed by atoms with Gasteiger partial charge in [0.2, 0.25) is 6.10 Å². The molecule has 1 aromatic rings. The highest BCUT2D eigenvalue weighted by atomic mass is 16.7. The van der Waals surface area contributed by atoms with Crippen LogP contribution in [0.2, 0.25) is 0 Å². The Labute approximate surface area is 107 Å². The van der Waals surface area contributed by atoms with E-state index >= 15 is 0 Å². The van der Waals surface area contributed by atoms with Crippen LogP contribution >= 0.6 is 0 Å². The van der Waals surface area contributed by atoms with Crippen LogP contribution in [0.5, 0.6) is 0 Å². The fraction of sp³-hybridized carbons (Fsp3) is 0.357. The summed E-state index contributed by atoms with van der Waals surface area (Å²) < 4.78 is 15.5. The van der Waals surface area contributed by atoms with E-state index in [0.717, 1.165) is 0 Å². The number of benzene rings is 1. The molecule has 0 radical (unpaired) electrons. The molecule has 1 aromatic carbocycles. The molecule has 1 atom stereocenters. The second-order valence-corrected chi connectivity index (χ2v) is 3.47. The second kappa shape index (κ2) is 7.37. The molecule has 0 saturated carbocycles. The number of hydrogen-bond acceptors (Lipinski definition) is 4. The summed E-state index contributed by atoms with van der Waals surface area (Å²) in [6, 6.07) is 9.10. The molecule has 18 heavy (non-hydrogen) atoms. The van der Waals surface area contributed by atoms with Crippen molar-refractivity contribution in [2.24, 2.45) is 0 Å². The lowest BCUT2D eigenvalue weighted by Gasteiger charge is -2.18. The molecule has 0 bridgehead atoms. The van der Waals surface area contributed by atoms with Crippen molar-refractivity contribution in [3.8, 4) is 0 Å². The zero-order valence-electron chi connectivity index (χ0n) is 10.7. The van der Waals surface area contributed by atoms with Gasteiger partial charge in [-0.2, -0.15) is 0 Å². The number of ether oxygens (including phenoxy) is 3. The van der Waals surface area contributed by atoms with Gasteiger partial charge in [0.1, 0.15) is 0 Å². The lowest BCUT2D eigenvalue weighted by atomic mass is 10.1. The van der Waals surface area contributed by atoms with Crippen LogP contribution in [-0.4, -0.2) is 19.2 Å². The van der Waals surface area contributed by atoms with Gasteiger partial charge in [0.15, 0.2) is 0 Å². The van der Waals surface area contributed by atoms with Crippen LogP contribution in [0.3, 0.4) is 0 Å². The lowest BCUT2D eigenvalue weighted by molar-refractivity contribution is -0.158. The van der Waals surface area contributed by atoms with Gasteiger partial charge in [-0.1, -0.05) is 30.3 Å². The van der Waals surface area contributed by atoms with E-state index in [2.05, 4.69) is 6.58 Å². The van der Waals surface area contributed by atoms with Gasteiger partial charge in [0.25, 0.3) is 5.95 Å². The van der Waals surface area contributed by atoms with Crippen LogP contribution in [0.25, 0.3) is 0 Å². The third kappa shape index (κ3) is 4.13. The van der Waals surface area contributed by atoms with Crippen molar-refractivity contribution in [3.63, 3.8) is 0 Å². The van der Waals surface area contributed by atoms with Gasteiger partial charge in [-0.3, -0.25) is 0 Å². The standard InChI is InChI=1S/C14H18O4/c1-4-16-11(3)18-13(14(15)17-5-2)12-9-7-6-8-10-12/h6-10,13H,3-5H2,1-2H3. The Morgan fingerprint density at radius 2 is 1.78 bits per heavy atom. The van der Waals surface area contributed by atoms with Gasteiger partial charge in [-0.05, 0) is 20.4 Å². The number of hydrogen-bond donors (Lipinski definition) is 0. The van der Waals surface area contributed by atoms with Gasteiger partial charge in [0.05, 0.1) is 13.2 Å². The van der Waals surface area contributed by atoms with Crippen molar-refractivity contribution in [1.29, 1.82) is 0 Å². The van der Waals surface area contributed by atoms with E-state index in [9.17, 15) is 4.79 Å². The zero-order chi connectivity index (χ0) is 13.4. The van der Waals surface area contributed by atoms with Crippen molar-refractivity contribution in [1.82, 2.24) is 0 Å². The summed E-state index contributed by atoms with van der Waals surface area (Å²) in [4.78, 5) is 11.8. The minimum absolute atomic E-state index is 0.111. The van der Waals surface area contributed by atoms with Gasteiger partial charge < -0.3 is 14.2 Å². The largest absolute Gasteiger partial charge is 0.466 e. The molecule has 0 aliphatic rings. The third-order valence-corrected chi connectivity index (χ3v) is 2.16. The Kier molecular flexibility index (Phi) is 5.77. The molecule has 4 nitrogen and oxygen atoms in total. The van der Waals surface area contributed by atoms with E-state index in [1.165, 1.54) is 0 Å². The fourth-order valence-electron chi connectivity index (χ4n) is 1.42. The van der Waals surface area contributed by atoms with Gasteiger partial charge >= 0.3 is 5.97 Å². The summed E-state index contributed by atoms with van der Waals surface area (Å²) >= 11 is 0. The van der Waals surface area contributed by atoms with E-state index in [1.54, 1.807) is 19.1 Å². The summed E-state index contributed by atoms with van der Waals surface area (Å²) in [5, 5.41) is 0. The molecule has 0 aliphatic heterocycles. The first-order valence-electron chi connectivity index (χ1n) is 5.89. The van der Waals surface area contributed by atoms with Crippen LogP contribution in [0, 0.1) is 0 Å². The Hall–Kier alpha value is -1.97. The van der Waals surface area contributed by atoms with Crippen LogP contribution < -0.4 is 0 Å². The predicted octanol–water partition coefficient (Wildman–Crippen LogP) is 2.82. The zero-order valence-corrected chi connectivity index (χ0v) is 10.7. The van der Waals surface area contributed by atoms with Gasteiger partial charge in [-0.25, -0.2) is 4.79 Å². The number of esters is 1. The molecule has 0 spiro atoms. The van der Waals surface area contributed by atoms with Crippen LogP contribution in [0.4, 0.5) is 0 Å². The second-order valence-electron chi connectivity index (χ2n) is 3.47. The maximum atomic E-state index is 11.8. The Balaban J connectivity index is 2.82. The quantitative estimate of drug-likeness (QED) is 0.551. The molecule has 0 aromatic heterocycles. The molecular formula is C14H18O4. The number of carbonyl (C=O) groups excluding carboxylic acids is 1. The summed E-state index contributed by atoms with van der Waals surface area (Å²) in [6.45, 7) is 7.90. The van der Waals surface area contributed by atoms with Crippen molar-refractivity contribution in [2.75, 3.05) is 13.2 Å². The molecule has 0 saturated heterocycles. The van der Waals surface area contributed by atoms with Crippen molar-refractivity contribution < 1.29 is 19.0 Å². The molecule has 0 fully saturated rings. The summed E-state index contributed by atoms with van der Waals surface area (Å²) in [5.74, 6) is -0.344. The van der Waals surface area contributed by atoms with Gasteiger partial charge in [-0.15, -0.1) is 0 Å². The summed E-state index contributed by atoms with van der Waals surface area (Å²) in [7, 11) is 0. The molecular weight excluding hydrogens is 232 g/mol. The minimum Gasteiger partial charge on any atom is -0.466 e. The lowest BCUT2D eigenvalue weighted by Crippen LogP contribution is -2.19. The van der Waals surface area contributed by atoms with Gasteiger partial charge in [0, 0.05) is 5.56 Å². The van der Waals surface area contributed by atoms with E-state index in [1.807, 2.05) is 25.1 Å². The highest BCUT2D eigenvalue weighted by Crippen LogP contribution is 2.22. The fourth-order valence-corrected chi connectivity index (χ4v) is 1.42. The Morgan fingerprint density at radius 3 is 2.33 bits per heavy atom. The summed E-state index contributed by atoms with van der Waals surface area (Å²) in [6.07, 6.45) is -0.842. The minimum atomic E-state index is -0.842. The first-order chi connectivity index (χ1) is 8.69. The molecule has 0 heterocycles. The topological polar surface area (TPSA) is 44.8 Å². The van der Waals surface area contributed by atoms with E-state index in [4.69, 9.17) is 14.2 Å². The molecule has 0 aliphatic carbocycles.